The van der Waals surface area contributed by atoms with Gasteiger partial charge in [-0.2, -0.15) is 5.06 Å². The van der Waals surface area contributed by atoms with Gasteiger partial charge in [0.1, 0.15) is 12.1 Å². The number of H-pyrrole nitrogens is 1. The van der Waals surface area contributed by atoms with Crippen LogP contribution < -0.4 is 5.32 Å². The topological polar surface area (TPSA) is 97.8 Å². The molecule has 1 aromatic carbocycles. The van der Waals surface area contributed by atoms with E-state index in [9.17, 15) is 15.0 Å². The highest BCUT2D eigenvalue weighted by atomic mass is 16.7. The number of carbonyl (C=O) groups is 1. The second kappa shape index (κ2) is 15.4. The van der Waals surface area contributed by atoms with Gasteiger partial charge in [-0.15, -0.1) is 0 Å². The molecule has 7 nitrogen and oxygen atoms in total. The largest absolute Gasteiger partial charge is 0.396 e. The number of aromatic amines is 1. The van der Waals surface area contributed by atoms with E-state index in [0.29, 0.717) is 19.5 Å². The second-order valence-electron chi connectivity index (χ2n) is 10.3. The molecule has 36 heavy (non-hydrogen) atoms. The van der Waals surface area contributed by atoms with E-state index >= 15 is 0 Å². The molecule has 1 aliphatic heterocycles. The van der Waals surface area contributed by atoms with Crippen molar-refractivity contribution < 1.29 is 19.8 Å². The van der Waals surface area contributed by atoms with Crippen molar-refractivity contribution in [2.24, 2.45) is 5.92 Å². The van der Waals surface area contributed by atoms with Gasteiger partial charge in [0.15, 0.2) is 0 Å². The number of aromatic nitrogens is 1. The first-order valence-electron chi connectivity index (χ1n) is 14.1. The van der Waals surface area contributed by atoms with E-state index < -0.39 is 24.2 Å². The number of amides is 1. The number of aliphatic hydroxyl groups excluding tert-OH is 2. The van der Waals surface area contributed by atoms with Gasteiger partial charge in [-0.05, 0) is 31.4 Å². The standard InChI is InChI=1S/C29H47N3O4/c1-3-4-5-6-7-8-9-10-11-14-19-32-27(25(21-33)28(36-32)22(2)34)29(35)30-18-17-23-20-31-26-16-13-12-15-24(23)26/h12-13,15-16,20,22,25,27-28,31,33-34H,3-11,14,17-19,21H2,1-2H3,(H,30,35)/t22-,25-,27-,28-/m0/s1. The van der Waals surface area contributed by atoms with Crippen molar-refractivity contribution in [3.05, 3.63) is 36.0 Å². The average Bonchev–Trinajstić information content (AvgIpc) is 3.46. The molecule has 1 saturated heterocycles. The number of carbonyl (C=O) groups excluding carboxylic acids is 1. The Kier molecular flexibility index (Phi) is 12.2. The lowest BCUT2D eigenvalue weighted by Crippen LogP contribution is -2.48. The quantitative estimate of drug-likeness (QED) is 0.235. The SMILES string of the molecule is CCCCCCCCCCCCN1O[C@@H]([C@H](C)O)[C@@H](CO)[C@H]1C(=O)NCCc1c[nH]c2ccccc12. The summed E-state index contributed by atoms with van der Waals surface area (Å²) in [7, 11) is 0. The molecule has 3 rings (SSSR count). The van der Waals surface area contributed by atoms with E-state index in [1.807, 2.05) is 24.4 Å². The van der Waals surface area contributed by atoms with Gasteiger partial charge >= 0.3 is 0 Å². The summed E-state index contributed by atoms with van der Waals surface area (Å²) in [6.07, 6.45) is 13.8. The number of fused-ring (bicyclic) bond motifs is 1. The maximum Gasteiger partial charge on any atom is 0.240 e. The molecule has 0 aliphatic carbocycles. The van der Waals surface area contributed by atoms with Crippen LogP contribution in [0.25, 0.3) is 10.9 Å². The van der Waals surface area contributed by atoms with Crippen LogP contribution in [0.15, 0.2) is 30.5 Å². The molecule has 0 spiro atoms. The number of hydrogen-bond donors (Lipinski definition) is 4. The smallest absolute Gasteiger partial charge is 0.240 e. The Bertz CT molecular complexity index is 900. The van der Waals surface area contributed by atoms with E-state index in [0.717, 1.165) is 23.9 Å². The fourth-order valence-electron chi connectivity index (χ4n) is 5.38. The summed E-state index contributed by atoms with van der Waals surface area (Å²) in [6.45, 7) is 4.82. The van der Waals surface area contributed by atoms with Crippen LogP contribution >= 0.6 is 0 Å². The lowest BCUT2D eigenvalue weighted by Gasteiger charge is -2.24. The number of unbranched alkanes of at least 4 members (excludes halogenated alkanes) is 9. The highest BCUT2D eigenvalue weighted by Gasteiger charge is 2.48. The molecule has 1 amide bonds. The summed E-state index contributed by atoms with van der Waals surface area (Å²) in [6, 6.07) is 7.54. The number of benzene rings is 1. The number of rotatable bonds is 17. The Labute approximate surface area is 216 Å². The third-order valence-corrected chi connectivity index (χ3v) is 7.45. The average molecular weight is 502 g/mol. The van der Waals surface area contributed by atoms with Crippen LogP contribution in [0, 0.1) is 5.92 Å². The zero-order valence-electron chi connectivity index (χ0n) is 22.3. The highest BCUT2D eigenvalue weighted by Crippen LogP contribution is 2.30. The molecule has 0 bridgehead atoms. The Balaban J connectivity index is 1.46. The molecule has 0 saturated carbocycles. The minimum Gasteiger partial charge on any atom is -0.396 e. The number of hydroxylamine groups is 2. The van der Waals surface area contributed by atoms with Crippen molar-refractivity contribution in [1.82, 2.24) is 15.4 Å². The first-order chi connectivity index (χ1) is 17.6. The molecule has 4 N–H and O–H groups in total. The lowest BCUT2D eigenvalue weighted by atomic mass is 9.92. The third-order valence-electron chi connectivity index (χ3n) is 7.45. The van der Waals surface area contributed by atoms with Crippen LogP contribution in [0.4, 0.5) is 0 Å². The van der Waals surface area contributed by atoms with Gasteiger partial charge in [0.25, 0.3) is 0 Å². The highest BCUT2D eigenvalue weighted by molar-refractivity contribution is 5.84. The van der Waals surface area contributed by atoms with Crippen molar-refractivity contribution >= 4 is 16.8 Å². The summed E-state index contributed by atoms with van der Waals surface area (Å²) in [5.74, 6) is -0.606. The molecule has 202 valence electrons. The van der Waals surface area contributed by atoms with Crippen molar-refractivity contribution in [2.75, 3.05) is 19.7 Å². The van der Waals surface area contributed by atoms with Crippen LogP contribution in [0.1, 0.15) is 83.6 Å². The maximum absolute atomic E-state index is 13.2. The minimum atomic E-state index is -0.763. The Hall–Kier alpha value is -1.93. The van der Waals surface area contributed by atoms with Crippen molar-refractivity contribution in [2.45, 2.75) is 103 Å². The Morgan fingerprint density at radius 3 is 2.42 bits per heavy atom. The molecule has 0 radical (unpaired) electrons. The van der Waals surface area contributed by atoms with E-state index in [1.54, 1.807) is 12.0 Å². The summed E-state index contributed by atoms with van der Waals surface area (Å²) >= 11 is 0. The maximum atomic E-state index is 13.2. The molecule has 1 aliphatic rings. The van der Waals surface area contributed by atoms with E-state index in [1.165, 1.54) is 56.8 Å². The van der Waals surface area contributed by atoms with Gasteiger partial charge in [-0.3, -0.25) is 9.63 Å². The van der Waals surface area contributed by atoms with Crippen LogP contribution in [0.3, 0.4) is 0 Å². The zero-order valence-corrected chi connectivity index (χ0v) is 22.3. The zero-order chi connectivity index (χ0) is 25.8. The third kappa shape index (κ3) is 8.04. The molecule has 0 unspecified atom stereocenters. The lowest BCUT2D eigenvalue weighted by molar-refractivity contribution is -0.187. The first kappa shape index (κ1) is 28.6. The molecular weight excluding hydrogens is 454 g/mol. The van der Waals surface area contributed by atoms with Gasteiger partial charge in [0, 0.05) is 36.1 Å². The molecule has 7 heteroatoms. The minimum absolute atomic E-state index is 0.149. The molecule has 4 atom stereocenters. The first-order valence-corrected chi connectivity index (χ1v) is 14.1. The van der Waals surface area contributed by atoms with Crippen LogP contribution in [-0.2, 0) is 16.1 Å². The fraction of sp³-hybridized carbons (Fsp3) is 0.690. The molecule has 1 aromatic heterocycles. The Morgan fingerprint density at radius 1 is 1.08 bits per heavy atom. The number of hydrogen-bond acceptors (Lipinski definition) is 5. The normalized spacial score (nSPS) is 21.3. The monoisotopic (exact) mass is 501 g/mol. The van der Waals surface area contributed by atoms with Crippen molar-refractivity contribution in [3.8, 4) is 0 Å². The van der Waals surface area contributed by atoms with Crippen LogP contribution in [0.5, 0.6) is 0 Å². The van der Waals surface area contributed by atoms with Crippen molar-refractivity contribution in [3.63, 3.8) is 0 Å². The Morgan fingerprint density at radius 2 is 1.75 bits per heavy atom. The molecular formula is C29H47N3O4. The predicted molar refractivity (Wildman–Crippen MR) is 144 cm³/mol. The van der Waals surface area contributed by atoms with Gasteiger partial charge in [-0.1, -0.05) is 82.9 Å². The van der Waals surface area contributed by atoms with Gasteiger partial charge in [0.2, 0.25) is 5.91 Å². The van der Waals surface area contributed by atoms with Gasteiger partial charge in [-0.25, -0.2) is 0 Å². The summed E-state index contributed by atoms with van der Waals surface area (Å²) < 4.78 is 0. The summed E-state index contributed by atoms with van der Waals surface area (Å²) in [5, 5.41) is 26.2. The van der Waals surface area contributed by atoms with Crippen LogP contribution in [0.2, 0.25) is 0 Å². The fourth-order valence-corrected chi connectivity index (χ4v) is 5.38. The predicted octanol–water partition coefficient (Wildman–Crippen LogP) is 4.72. The second-order valence-corrected chi connectivity index (χ2v) is 10.3. The molecule has 2 heterocycles. The van der Waals surface area contributed by atoms with Gasteiger partial charge < -0.3 is 20.5 Å². The summed E-state index contributed by atoms with van der Waals surface area (Å²) in [4.78, 5) is 22.5. The number of para-hydroxylation sites is 1. The van der Waals surface area contributed by atoms with E-state index in [2.05, 4.69) is 23.3 Å². The van der Waals surface area contributed by atoms with Gasteiger partial charge in [0.05, 0.1) is 12.7 Å². The van der Waals surface area contributed by atoms with E-state index in [4.69, 9.17) is 4.84 Å². The number of nitrogens with zero attached hydrogens (tertiary/aromatic N) is 1. The van der Waals surface area contributed by atoms with Crippen LogP contribution in [-0.4, -0.2) is 64.1 Å². The molecule has 1 fully saturated rings. The van der Waals surface area contributed by atoms with E-state index in [-0.39, 0.29) is 12.5 Å². The number of aliphatic hydroxyl groups is 2. The molecule has 2 aromatic rings. The summed E-state index contributed by atoms with van der Waals surface area (Å²) in [5.41, 5.74) is 2.25. The van der Waals surface area contributed by atoms with Crippen molar-refractivity contribution in [1.29, 1.82) is 0 Å². The number of nitrogens with one attached hydrogen (secondary N) is 2.